The minimum atomic E-state index is -0.890. The number of aliphatic hydroxyl groups is 2. The first-order valence-electron chi connectivity index (χ1n) is 9.05. The second-order valence-electron chi connectivity index (χ2n) is 8.38. The molecule has 1 saturated heterocycles. The lowest BCUT2D eigenvalue weighted by atomic mass is 9.81. The highest BCUT2D eigenvalue weighted by molar-refractivity contribution is 5.12. The van der Waals surface area contributed by atoms with Gasteiger partial charge in [0.15, 0.2) is 0 Å². The highest BCUT2D eigenvalue weighted by Crippen LogP contribution is 2.45. The van der Waals surface area contributed by atoms with E-state index in [0.29, 0.717) is 18.9 Å². The van der Waals surface area contributed by atoms with Gasteiger partial charge in [0.05, 0.1) is 22.9 Å². The summed E-state index contributed by atoms with van der Waals surface area (Å²) in [5, 5.41) is 21.6. The van der Waals surface area contributed by atoms with E-state index in [1.165, 1.54) is 5.57 Å². The van der Waals surface area contributed by atoms with Crippen LogP contribution in [0, 0.1) is 5.92 Å². The summed E-state index contributed by atoms with van der Waals surface area (Å²) in [5.41, 5.74) is -0.492. The number of rotatable bonds is 1. The molecule has 3 nitrogen and oxygen atoms in total. The molecule has 23 heavy (non-hydrogen) atoms. The van der Waals surface area contributed by atoms with Crippen molar-refractivity contribution in [3.05, 3.63) is 23.8 Å². The van der Waals surface area contributed by atoms with E-state index in [1.54, 1.807) is 6.08 Å². The summed E-state index contributed by atoms with van der Waals surface area (Å²) in [7, 11) is 0. The van der Waals surface area contributed by atoms with E-state index >= 15 is 0 Å². The van der Waals surface area contributed by atoms with Crippen LogP contribution in [0.1, 0.15) is 73.1 Å². The monoisotopic (exact) mass is 322 g/mol. The molecule has 3 heteroatoms. The predicted molar refractivity (Wildman–Crippen MR) is 94.3 cm³/mol. The molecular weight excluding hydrogens is 288 g/mol. The molecule has 1 aliphatic heterocycles. The molecule has 4 atom stereocenters. The van der Waals surface area contributed by atoms with Gasteiger partial charge in [-0.2, -0.15) is 0 Å². The van der Waals surface area contributed by atoms with Crippen LogP contribution in [0.25, 0.3) is 0 Å². The van der Waals surface area contributed by atoms with Gasteiger partial charge in [-0.05, 0) is 65.2 Å². The van der Waals surface area contributed by atoms with Crippen molar-refractivity contribution in [2.75, 3.05) is 0 Å². The first-order chi connectivity index (χ1) is 10.6. The van der Waals surface area contributed by atoms with Crippen LogP contribution in [0.4, 0.5) is 0 Å². The third-order valence-electron chi connectivity index (χ3n) is 5.73. The van der Waals surface area contributed by atoms with Crippen molar-refractivity contribution in [2.24, 2.45) is 5.92 Å². The van der Waals surface area contributed by atoms with Crippen LogP contribution in [0.3, 0.4) is 0 Å². The summed E-state index contributed by atoms with van der Waals surface area (Å²) in [5.74, 6) is 0.102. The van der Waals surface area contributed by atoms with Crippen molar-refractivity contribution in [1.29, 1.82) is 0 Å². The molecule has 0 spiro atoms. The fourth-order valence-electron chi connectivity index (χ4n) is 3.37. The van der Waals surface area contributed by atoms with Crippen LogP contribution >= 0.6 is 0 Å². The Kier molecular flexibility index (Phi) is 5.44. The molecule has 0 saturated carbocycles. The minimum Gasteiger partial charge on any atom is -0.386 e. The number of allylic oxidation sites excluding steroid dienone is 2. The van der Waals surface area contributed by atoms with Crippen molar-refractivity contribution in [3.63, 3.8) is 0 Å². The van der Waals surface area contributed by atoms with Crippen LogP contribution < -0.4 is 0 Å². The molecule has 2 aliphatic rings. The molecule has 2 rings (SSSR count). The van der Waals surface area contributed by atoms with Gasteiger partial charge in [0, 0.05) is 0 Å². The quantitative estimate of drug-likeness (QED) is 0.563. The van der Waals surface area contributed by atoms with Gasteiger partial charge in [-0.3, -0.25) is 0 Å². The molecule has 2 N–H and O–H groups in total. The lowest BCUT2D eigenvalue weighted by Gasteiger charge is -2.31. The van der Waals surface area contributed by atoms with Crippen molar-refractivity contribution in [2.45, 2.75) is 96.1 Å². The van der Waals surface area contributed by atoms with Gasteiger partial charge in [0.1, 0.15) is 0 Å². The molecule has 1 heterocycles. The van der Waals surface area contributed by atoms with Gasteiger partial charge in [0.2, 0.25) is 0 Å². The standard InChI is InChI=1S/C20H34O3/c1-15(2)20(22)13-11-18(4,21)10-6-7-16(3)8-9-17-19(5,23-17)12-14-20/h7,11,13,15,17,21-22H,6,8-10,12,14H2,1-5H3. The van der Waals surface area contributed by atoms with E-state index < -0.39 is 11.2 Å². The number of hydrogen-bond donors (Lipinski definition) is 2. The SMILES string of the molecule is CC1=CCCC(C)(O)C=CC(O)(C(C)C)CCC2(C)OC2CC1. The van der Waals surface area contributed by atoms with Crippen LogP contribution in [0.15, 0.2) is 23.8 Å². The van der Waals surface area contributed by atoms with E-state index in [4.69, 9.17) is 4.74 Å². The molecule has 132 valence electrons. The maximum absolute atomic E-state index is 11.0. The van der Waals surface area contributed by atoms with Crippen LogP contribution in [0.5, 0.6) is 0 Å². The van der Waals surface area contributed by atoms with Crippen LogP contribution in [-0.4, -0.2) is 33.1 Å². The summed E-state index contributed by atoms with van der Waals surface area (Å²) in [6.45, 7) is 10.2. The zero-order valence-electron chi connectivity index (χ0n) is 15.4. The maximum atomic E-state index is 11.0. The van der Waals surface area contributed by atoms with Gasteiger partial charge in [-0.25, -0.2) is 0 Å². The second-order valence-corrected chi connectivity index (χ2v) is 8.38. The molecule has 4 unspecified atom stereocenters. The zero-order valence-corrected chi connectivity index (χ0v) is 15.4. The lowest BCUT2D eigenvalue weighted by Crippen LogP contribution is -2.35. The summed E-state index contributed by atoms with van der Waals surface area (Å²) in [6.07, 6.45) is 11.3. The van der Waals surface area contributed by atoms with Crippen molar-refractivity contribution < 1.29 is 14.9 Å². The Hall–Kier alpha value is -0.640. The van der Waals surface area contributed by atoms with E-state index in [2.05, 4.69) is 19.9 Å². The van der Waals surface area contributed by atoms with E-state index in [0.717, 1.165) is 25.7 Å². The van der Waals surface area contributed by atoms with E-state index in [1.807, 2.05) is 26.8 Å². The summed E-state index contributed by atoms with van der Waals surface area (Å²) in [4.78, 5) is 0. The van der Waals surface area contributed by atoms with Gasteiger partial charge in [0.25, 0.3) is 0 Å². The average molecular weight is 322 g/mol. The Bertz CT molecular complexity index is 477. The molecule has 1 fully saturated rings. The van der Waals surface area contributed by atoms with Gasteiger partial charge < -0.3 is 14.9 Å². The summed E-state index contributed by atoms with van der Waals surface area (Å²) >= 11 is 0. The number of epoxide rings is 1. The molecule has 0 bridgehead atoms. The largest absolute Gasteiger partial charge is 0.386 e. The minimum absolute atomic E-state index is 0.0936. The zero-order chi connectivity index (χ0) is 17.3. The van der Waals surface area contributed by atoms with Crippen molar-refractivity contribution in [1.82, 2.24) is 0 Å². The van der Waals surface area contributed by atoms with Crippen LogP contribution in [-0.2, 0) is 4.74 Å². The number of fused-ring (bicyclic) bond motifs is 1. The van der Waals surface area contributed by atoms with Gasteiger partial charge >= 0.3 is 0 Å². The fourth-order valence-corrected chi connectivity index (χ4v) is 3.37. The maximum Gasteiger partial charge on any atom is 0.0921 e. The van der Waals surface area contributed by atoms with Crippen molar-refractivity contribution in [3.8, 4) is 0 Å². The number of ether oxygens (including phenoxy) is 1. The Morgan fingerprint density at radius 3 is 2.48 bits per heavy atom. The first-order valence-corrected chi connectivity index (χ1v) is 9.05. The Balaban J connectivity index is 2.19. The molecule has 0 amide bonds. The molecule has 1 aliphatic carbocycles. The Morgan fingerprint density at radius 1 is 1.13 bits per heavy atom. The van der Waals surface area contributed by atoms with Gasteiger partial charge in [-0.1, -0.05) is 37.6 Å². The summed E-state index contributed by atoms with van der Waals surface area (Å²) < 4.78 is 5.93. The van der Waals surface area contributed by atoms with E-state index in [9.17, 15) is 10.2 Å². The summed E-state index contributed by atoms with van der Waals surface area (Å²) in [6, 6.07) is 0. The Labute approximate surface area is 141 Å². The Morgan fingerprint density at radius 2 is 1.83 bits per heavy atom. The fraction of sp³-hybridized carbons (Fsp3) is 0.800. The molecule has 0 aromatic rings. The third kappa shape index (κ3) is 4.91. The topological polar surface area (TPSA) is 53.0 Å². The molecular formula is C20H34O3. The smallest absolute Gasteiger partial charge is 0.0921 e. The van der Waals surface area contributed by atoms with Crippen LogP contribution in [0.2, 0.25) is 0 Å². The first kappa shape index (κ1) is 18.7. The molecule has 0 radical (unpaired) electrons. The second kappa shape index (κ2) is 6.70. The predicted octanol–water partition coefficient (Wildman–Crippen LogP) is 4.14. The normalized spacial score (nSPS) is 42.8. The van der Waals surface area contributed by atoms with Gasteiger partial charge in [-0.15, -0.1) is 0 Å². The number of hydrogen-bond acceptors (Lipinski definition) is 3. The average Bonchev–Trinajstić information content (AvgIpc) is 3.11. The lowest BCUT2D eigenvalue weighted by molar-refractivity contribution is 0.0235. The highest BCUT2D eigenvalue weighted by Gasteiger charge is 2.52. The molecule has 0 aromatic heterocycles. The third-order valence-corrected chi connectivity index (χ3v) is 5.73. The van der Waals surface area contributed by atoms with E-state index in [-0.39, 0.29) is 11.5 Å². The molecule has 0 aromatic carbocycles. The highest BCUT2D eigenvalue weighted by atomic mass is 16.6. The van der Waals surface area contributed by atoms with Crippen molar-refractivity contribution >= 4 is 0 Å².